The first-order valence-electron chi connectivity index (χ1n) is 4.85. The highest BCUT2D eigenvalue weighted by Crippen LogP contribution is 2.13. The fourth-order valence-electron chi connectivity index (χ4n) is 1.45. The summed E-state index contributed by atoms with van der Waals surface area (Å²) in [6, 6.07) is 5.81. The molecule has 0 fully saturated rings. The molecule has 5 heteroatoms. The van der Waals surface area contributed by atoms with Crippen LogP contribution in [0.15, 0.2) is 28.4 Å². The summed E-state index contributed by atoms with van der Waals surface area (Å²) in [6.45, 7) is 2.28. The quantitative estimate of drug-likeness (QED) is 0.814. The van der Waals surface area contributed by atoms with Crippen molar-refractivity contribution in [2.45, 2.75) is 13.5 Å². The van der Waals surface area contributed by atoms with Gasteiger partial charge in [-0.25, -0.2) is 4.98 Å². The molecular formula is C11H12N2O2S. The number of ether oxygens (including phenoxy) is 1. The zero-order valence-corrected chi connectivity index (χ0v) is 9.95. The van der Waals surface area contributed by atoms with Gasteiger partial charge < -0.3 is 4.74 Å². The van der Waals surface area contributed by atoms with Gasteiger partial charge in [-0.05, 0) is 18.4 Å². The van der Waals surface area contributed by atoms with Gasteiger partial charge in [0.1, 0.15) is 0 Å². The van der Waals surface area contributed by atoms with E-state index in [2.05, 4.69) is 4.98 Å². The van der Waals surface area contributed by atoms with Gasteiger partial charge in [0.15, 0.2) is 0 Å². The predicted octanol–water partition coefficient (Wildman–Crippen LogP) is 1.67. The molecule has 2 aromatic rings. The number of thiophene rings is 1. The number of hydrogen-bond donors (Lipinski definition) is 0. The number of methoxy groups -OCH3 is 1. The second-order valence-electron chi connectivity index (χ2n) is 3.39. The van der Waals surface area contributed by atoms with Crippen LogP contribution in [0.25, 0.3) is 0 Å². The Kier molecular flexibility index (Phi) is 3.05. The first kappa shape index (κ1) is 10.9. The number of hydrogen-bond acceptors (Lipinski definition) is 4. The SMILES string of the molecule is COc1nc(C)cc(=O)n1Cc1cccs1. The average molecular weight is 236 g/mol. The molecule has 2 rings (SSSR count). The van der Waals surface area contributed by atoms with Crippen molar-refractivity contribution in [2.24, 2.45) is 0 Å². The monoisotopic (exact) mass is 236 g/mol. The van der Waals surface area contributed by atoms with Crippen LogP contribution in [-0.4, -0.2) is 16.7 Å². The van der Waals surface area contributed by atoms with Crippen LogP contribution in [0.5, 0.6) is 6.01 Å². The molecule has 4 nitrogen and oxygen atoms in total. The van der Waals surface area contributed by atoms with E-state index in [1.165, 1.54) is 17.7 Å². The van der Waals surface area contributed by atoms with E-state index in [0.717, 1.165) is 4.88 Å². The summed E-state index contributed by atoms with van der Waals surface area (Å²) >= 11 is 1.61. The van der Waals surface area contributed by atoms with E-state index in [0.29, 0.717) is 18.2 Å². The Morgan fingerprint density at radius 2 is 2.38 bits per heavy atom. The lowest BCUT2D eigenvalue weighted by Gasteiger charge is -2.09. The van der Waals surface area contributed by atoms with Crippen molar-refractivity contribution in [1.29, 1.82) is 0 Å². The van der Waals surface area contributed by atoms with Gasteiger partial charge in [-0.3, -0.25) is 9.36 Å². The van der Waals surface area contributed by atoms with Crippen LogP contribution < -0.4 is 10.3 Å². The maximum absolute atomic E-state index is 11.8. The molecule has 0 aromatic carbocycles. The van der Waals surface area contributed by atoms with Crippen molar-refractivity contribution in [3.8, 4) is 6.01 Å². The summed E-state index contributed by atoms with van der Waals surface area (Å²) in [5.41, 5.74) is 0.585. The second kappa shape index (κ2) is 4.49. The largest absolute Gasteiger partial charge is 0.468 e. The minimum absolute atomic E-state index is 0.0854. The fourth-order valence-corrected chi connectivity index (χ4v) is 2.15. The first-order valence-corrected chi connectivity index (χ1v) is 5.73. The molecule has 0 saturated carbocycles. The van der Waals surface area contributed by atoms with Crippen LogP contribution in [0.4, 0.5) is 0 Å². The lowest BCUT2D eigenvalue weighted by Crippen LogP contribution is -2.22. The van der Waals surface area contributed by atoms with Crippen LogP contribution in [0.1, 0.15) is 10.6 Å². The molecule has 0 atom stereocenters. The number of nitrogens with zero attached hydrogens (tertiary/aromatic N) is 2. The van der Waals surface area contributed by atoms with Gasteiger partial charge in [0.2, 0.25) is 0 Å². The van der Waals surface area contributed by atoms with Gasteiger partial charge in [-0.1, -0.05) is 6.07 Å². The molecule has 2 heterocycles. The van der Waals surface area contributed by atoms with Gasteiger partial charge in [-0.15, -0.1) is 11.3 Å². The van der Waals surface area contributed by atoms with Gasteiger partial charge in [0.25, 0.3) is 11.6 Å². The Balaban J connectivity index is 2.43. The van der Waals surface area contributed by atoms with Crippen molar-refractivity contribution >= 4 is 11.3 Å². The molecule has 16 heavy (non-hydrogen) atoms. The van der Waals surface area contributed by atoms with Gasteiger partial charge in [0.05, 0.1) is 13.7 Å². The van der Waals surface area contributed by atoms with E-state index < -0.39 is 0 Å². The lowest BCUT2D eigenvalue weighted by molar-refractivity contribution is 0.350. The molecular weight excluding hydrogens is 224 g/mol. The second-order valence-corrected chi connectivity index (χ2v) is 4.42. The molecule has 0 bridgehead atoms. The Bertz CT molecular complexity index is 531. The molecule has 2 aromatic heterocycles. The molecule has 0 radical (unpaired) electrons. The third-order valence-electron chi connectivity index (χ3n) is 2.18. The van der Waals surface area contributed by atoms with Crippen LogP contribution in [-0.2, 0) is 6.54 Å². The molecule has 0 aliphatic carbocycles. The molecule has 0 unspecified atom stereocenters. The Hall–Kier alpha value is -1.62. The Labute approximate surface area is 97.1 Å². The maximum Gasteiger partial charge on any atom is 0.299 e. The third-order valence-corrected chi connectivity index (χ3v) is 3.04. The summed E-state index contributed by atoms with van der Waals surface area (Å²) in [7, 11) is 1.52. The highest BCUT2D eigenvalue weighted by Gasteiger charge is 2.08. The topological polar surface area (TPSA) is 44.1 Å². The van der Waals surface area contributed by atoms with Crippen LogP contribution in [0, 0.1) is 6.92 Å². The van der Waals surface area contributed by atoms with Crippen molar-refractivity contribution in [1.82, 2.24) is 9.55 Å². The molecule has 0 amide bonds. The zero-order chi connectivity index (χ0) is 11.5. The summed E-state index contributed by atoms with van der Waals surface area (Å²) in [4.78, 5) is 17.1. The van der Waals surface area contributed by atoms with Crippen LogP contribution in [0.3, 0.4) is 0 Å². The van der Waals surface area contributed by atoms with E-state index in [1.807, 2.05) is 17.5 Å². The van der Waals surface area contributed by atoms with Crippen LogP contribution in [0.2, 0.25) is 0 Å². The van der Waals surface area contributed by atoms with Crippen LogP contribution >= 0.6 is 11.3 Å². The maximum atomic E-state index is 11.8. The minimum Gasteiger partial charge on any atom is -0.468 e. The fraction of sp³-hybridized carbons (Fsp3) is 0.273. The Morgan fingerprint density at radius 1 is 1.56 bits per heavy atom. The third kappa shape index (κ3) is 2.14. The predicted molar refractivity (Wildman–Crippen MR) is 63.2 cm³/mol. The van der Waals surface area contributed by atoms with Gasteiger partial charge in [-0.2, -0.15) is 0 Å². The van der Waals surface area contributed by atoms with Crippen molar-refractivity contribution in [3.63, 3.8) is 0 Å². The summed E-state index contributed by atoms with van der Waals surface area (Å²) in [5.74, 6) is 0. The molecule has 0 aliphatic heterocycles. The van der Waals surface area contributed by atoms with Gasteiger partial charge >= 0.3 is 0 Å². The first-order chi connectivity index (χ1) is 7.70. The van der Waals surface area contributed by atoms with Crippen molar-refractivity contribution < 1.29 is 4.74 Å². The Morgan fingerprint density at radius 3 is 3.00 bits per heavy atom. The molecule has 0 aliphatic rings. The average Bonchev–Trinajstić information content (AvgIpc) is 2.74. The molecule has 84 valence electrons. The molecule has 0 spiro atoms. The van der Waals surface area contributed by atoms with Crippen molar-refractivity contribution in [2.75, 3.05) is 7.11 Å². The van der Waals surface area contributed by atoms with E-state index in [9.17, 15) is 4.79 Å². The lowest BCUT2D eigenvalue weighted by atomic mass is 10.4. The molecule has 0 saturated heterocycles. The number of aryl methyl sites for hydroxylation is 1. The highest BCUT2D eigenvalue weighted by atomic mass is 32.1. The highest BCUT2D eigenvalue weighted by molar-refractivity contribution is 7.09. The van der Waals surface area contributed by atoms with E-state index in [1.54, 1.807) is 18.3 Å². The zero-order valence-electron chi connectivity index (χ0n) is 9.14. The normalized spacial score (nSPS) is 10.4. The summed E-state index contributed by atoms with van der Waals surface area (Å²) in [6.07, 6.45) is 0. The van der Waals surface area contributed by atoms with Gasteiger partial charge in [0, 0.05) is 16.6 Å². The van der Waals surface area contributed by atoms with Crippen molar-refractivity contribution in [3.05, 3.63) is 44.5 Å². The number of rotatable bonds is 3. The smallest absolute Gasteiger partial charge is 0.299 e. The number of aromatic nitrogens is 2. The standard InChI is InChI=1S/C11H12N2O2S/c1-8-6-10(14)13(11(12-8)15-2)7-9-4-3-5-16-9/h3-6H,7H2,1-2H3. The summed E-state index contributed by atoms with van der Waals surface area (Å²) in [5, 5.41) is 1.98. The minimum atomic E-state index is -0.0854. The van der Waals surface area contributed by atoms with E-state index >= 15 is 0 Å². The van der Waals surface area contributed by atoms with E-state index in [4.69, 9.17) is 4.74 Å². The summed E-state index contributed by atoms with van der Waals surface area (Å²) < 4.78 is 6.64. The van der Waals surface area contributed by atoms with E-state index in [-0.39, 0.29) is 5.56 Å². The molecule has 0 N–H and O–H groups in total.